The molecule has 0 amide bonds. The topological polar surface area (TPSA) is 98.7 Å². The number of nitrogen functional groups attached to an aromatic ring is 1. The number of benzene rings is 1. The third-order valence-electron chi connectivity index (χ3n) is 5.75. The first-order chi connectivity index (χ1) is 15.3. The number of aryl methyl sites for hydroxylation is 2. The third kappa shape index (κ3) is 4.93. The van der Waals surface area contributed by atoms with E-state index in [0.29, 0.717) is 36.5 Å². The average molecular weight is 550 g/mol. The number of nitrogens with zero attached hydrogens (tertiary/aromatic N) is 4. The molecule has 0 atom stereocenters. The lowest BCUT2D eigenvalue weighted by atomic mass is 10.0. The van der Waals surface area contributed by atoms with E-state index in [0.717, 1.165) is 58.4 Å². The van der Waals surface area contributed by atoms with Crippen LogP contribution in [0.4, 0.5) is 10.2 Å². The molecule has 170 valence electrons. The minimum absolute atomic E-state index is 0.0462. The van der Waals surface area contributed by atoms with Gasteiger partial charge >= 0.3 is 6.08 Å². The molecule has 32 heavy (non-hydrogen) atoms. The van der Waals surface area contributed by atoms with E-state index < -0.39 is 6.08 Å². The fraction of sp³-hybridized carbons (Fsp3) is 0.478. The molecule has 0 aliphatic heterocycles. The molecule has 3 N–H and O–H groups in total. The molecule has 1 aliphatic carbocycles. The Morgan fingerprint density at radius 2 is 2.03 bits per heavy atom. The number of nitrogens with two attached hydrogens (primary N) is 1. The Kier molecular flexibility index (Phi) is 7.04. The van der Waals surface area contributed by atoms with Crippen LogP contribution in [0.5, 0.6) is 0 Å². The summed E-state index contributed by atoms with van der Waals surface area (Å²) in [6.07, 6.45) is 2.93. The normalized spacial score (nSPS) is 13.5. The van der Waals surface area contributed by atoms with Crippen LogP contribution in [0.3, 0.4) is 0 Å². The van der Waals surface area contributed by atoms with Crippen molar-refractivity contribution in [3.05, 3.63) is 44.3 Å². The van der Waals surface area contributed by atoms with Gasteiger partial charge in [0.05, 0.1) is 0 Å². The van der Waals surface area contributed by atoms with Crippen LogP contribution in [-0.2, 0) is 19.4 Å². The summed E-state index contributed by atoms with van der Waals surface area (Å²) in [5.74, 6) is 1.61. The Morgan fingerprint density at radius 3 is 2.81 bits per heavy atom. The van der Waals surface area contributed by atoms with Crippen LogP contribution < -0.4 is 11.1 Å². The van der Waals surface area contributed by atoms with Gasteiger partial charge in [-0.1, -0.05) is 13.8 Å². The summed E-state index contributed by atoms with van der Waals surface area (Å²) in [6, 6.07) is 4.08. The van der Waals surface area contributed by atoms with E-state index in [1.54, 1.807) is 0 Å². The van der Waals surface area contributed by atoms with Crippen molar-refractivity contribution in [1.82, 2.24) is 24.8 Å². The summed E-state index contributed by atoms with van der Waals surface area (Å²) < 4.78 is 17.0. The van der Waals surface area contributed by atoms with Gasteiger partial charge in [0.1, 0.15) is 5.82 Å². The Hall–Kier alpha value is -2.14. The highest BCUT2D eigenvalue weighted by Crippen LogP contribution is 2.29. The van der Waals surface area contributed by atoms with Crippen LogP contribution >= 0.6 is 22.6 Å². The molecule has 1 aliphatic rings. The van der Waals surface area contributed by atoms with Crippen LogP contribution in [0, 0.1) is 15.6 Å². The minimum atomic E-state index is -0.848. The number of ketones is 1. The largest absolute Gasteiger partial charge is 0.382 e. The van der Waals surface area contributed by atoms with Crippen molar-refractivity contribution in [2.45, 2.75) is 52.5 Å². The van der Waals surface area contributed by atoms with Crippen LogP contribution in [0.15, 0.2) is 12.1 Å². The summed E-state index contributed by atoms with van der Waals surface area (Å²) in [4.78, 5) is 24.6. The highest BCUT2D eigenvalue weighted by molar-refractivity contribution is 14.1. The summed E-state index contributed by atoms with van der Waals surface area (Å²) in [6.45, 7) is 6.94. The Bertz CT molecular complexity index is 1160. The molecule has 2 aromatic heterocycles. The van der Waals surface area contributed by atoms with Gasteiger partial charge < -0.3 is 15.6 Å². The van der Waals surface area contributed by atoms with Crippen molar-refractivity contribution in [3.8, 4) is 0 Å². The Morgan fingerprint density at radius 1 is 1.22 bits per heavy atom. The number of fused-ring (bicyclic) bond motifs is 2. The molecule has 0 bridgehead atoms. The van der Waals surface area contributed by atoms with Gasteiger partial charge in [0.2, 0.25) is 0 Å². The number of halogens is 2. The van der Waals surface area contributed by atoms with Crippen LogP contribution in [-0.4, -0.2) is 38.4 Å². The second kappa shape index (κ2) is 9.78. The molecule has 2 heterocycles. The van der Waals surface area contributed by atoms with E-state index in [9.17, 15) is 9.18 Å². The number of hydrogen-bond donors (Lipinski definition) is 2. The quantitative estimate of drug-likeness (QED) is 0.238. The number of carbonyl (C=O) groups is 1. The molecule has 0 saturated heterocycles. The first-order valence-corrected chi connectivity index (χ1v) is 12.1. The number of aromatic nitrogens is 4. The number of carbonyl (C=O) groups excluding carboxylic acids is 1. The molecule has 0 fully saturated rings. The highest BCUT2D eigenvalue weighted by Gasteiger charge is 2.23. The van der Waals surface area contributed by atoms with Gasteiger partial charge in [-0.25, -0.2) is 4.98 Å². The molecular formula is C23H28FIN6O. The predicted octanol–water partition coefficient (Wildman–Crippen LogP) is 3.90. The third-order valence-corrected chi connectivity index (χ3v) is 6.76. The molecule has 9 heteroatoms. The van der Waals surface area contributed by atoms with Gasteiger partial charge in [0.25, 0.3) is 0 Å². The van der Waals surface area contributed by atoms with Crippen molar-refractivity contribution in [2.24, 2.45) is 5.92 Å². The SMILES string of the molecule is CC(C)CNCCCCn1c(Cc2cc3c(cc2I)CCC3=O)nc2c(N)nc(F)nc21. The molecule has 0 spiro atoms. The molecule has 7 nitrogen and oxygen atoms in total. The maximum Gasteiger partial charge on any atom is 0.312 e. The number of rotatable bonds is 9. The van der Waals surface area contributed by atoms with Crippen molar-refractivity contribution < 1.29 is 9.18 Å². The average Bonchev–Trinajstić information content (AvgIpc) is 3.25. The maximum absolute atomic E-state index is 13.9. The summed E-state index contributed by atoms with van der Waals surface area (Å²) in [5, 5.41) is 3.45. The molecule has 4 rings (SSSR count). The smallest absolute Gasteiger partial charge is 0.312 e. The van der Waals surface area contributed by atoms with Gasteiger partial charge in [0.15, 0.2) is 22.8 Å². The fourth-order valence-electron chi connectivity index (χ4n) is 4.13. The second-order valence-electron chi connectivity index (χ2n) is 8.74. The number of anilines is 1. The predicted molar refractivity (Wildman–Crippen MR) is 131 cm³/mol. The lowest BCUT2D eigenvalue weighted by Gasteiger charge is -2.12. The lowest BCUT2D eigenvalue weighted by Crippen LogP contribution is -2.21. The van der Waals surface area contributed by atoms with Crippen LogP contribution in [0.25, 0.3) is 11.2 Å². The molecule has 0 radical (unpaired) electrons. The summed E-state index contributed by atoms with van der Waals surface area (Å²) in [5.41, 5.74) is 9.75. The minimum Gasteiger partial charge on any atom is -0.382 e. The van der Waals surface area contributed by atoms with Gasteiger partial charge in [-0.05, 0) is 84.1 Å². The van der Waals surface area contributed by atoms with Crippen molar-refractivity contribution in [3.63, 3.8) is 0 Å². The number of Topliss-reactive ketones (excluding diaryl/α,β-unsaturated/α-hetero) is 1. The molecule has 1 aromatic carbocycles. The van der Waals surface area contributed by atoms with Crippen LogP contribution in [0.2, 0.25) is 0 Å². The zero-order valence-electron chi connectivity index (χ0n) is 18.4. The lowest BCUT2D eigenvalue weighted by molar-refractivity contribution is 0.0994. The fourth-order valence-corrected chi connectivity index (χ4v) is 4.86. The first kappa shape index (κ1) is 23.0. The standard InChI is InChI=1S/C23H28FIN6O/c1-13(2)12-27-7-3-4-8-31-19(28-20-21(26)29-23(24)30-22(20)31)11-15-9-16-14(10-17(15)25)5-6-18(16)32/h9-10,13,27H,3-8,11-12H2,1-2H3,(H2,26,29,30). The van der Waals surface area contributed by atoms with E-state index in [-0.39, 0.29) is 11.6 Å². The number of nitrogens with one attached hydrogen (secondary N) is 1. The van der Waals surface area contributed by atoms with Crippen molar-refractivity contribution in [1.29, 1.82) is 0 Å². The van der Waals surface area contributed by atoms with Gasteiger partial charge in [0, 0.05) is 28.5 Å². The molecule has 0 saturated carbocycles. The van der Waals surface area contributed by atoms with E-state index in [4.69, 9.17) is 5.73 Å². The van der Waals surface area contributed by atoms with E-state index in [1.807, 2.05) is 10.6 Å². The summed E-state index contributed by atoms with van der Waals surface area (Å²) >= 11 is 2.31. The number of unbranched alkanes of at least 4 members (excludes halogenated alkanes) is 1. The van der Waals surface area contributed by atoms with Crippen LogP contribution in [0.1, 0.15) is 60.4 Å². The number of imidazole rings is 1. The number of hydrogen-bond acceptors (Lipinski definition) is 6. The van der Waals surface area contributed by atoms with Crippen molar-refractivity contribution in [2.75, 3.05) is 18.8 Å². The highest BCUT2D eigenvalue weighted by atomic mass is 127. The van der Waals surface area contributed by atoms with E-state index in [2.05, 4.69) is 62.8 Å². The molecular weight excluding hydrogens is 522 g/mol. The maximum atomic E-state index is 13.9. The zero-order chi connectivity index (χ0) is 22.8. The van der Waals surface area contributed by atoms with Gasteiger partial charge in [-0.2, -0.15) is 14.4 Å². The molecule has 0 unspecified atom stereocenters. The Labute approximate surface area is 200 Å². The van der Waals surface area contributed by atoms with E-state index in [1.165, 1.54) is 0 Å². The monoisotopic (exact) mass is 550 g/mol. The second-order valence-corrected chi connectivity index (χ2v) is 9.90. The van der Waals surface area contributed by atoms with Gasteiger partial charge in [-0.15, -0.1) is 0 Å². The van der Waals surface area contributed by atoms with E-state index >= 15 is 0 Å². The van der Waals surface area contributed by atoms with Crippen molar-refractivity contribution >= 4 is 45.4 Å². The zero-order valence-corrected chi connectivity index (χ0v) is 20.6. The molecule has 3 aromatic rings. The first-order valence-electron chi connectivity index (χ1n) is 11.1. The Balaban J connectivity index is 1.61. The summed E-state index contributed by atoms with van der Waals surface area (Å²) in [7, 11) is 0. The van der Waals surface area contributed by atoms with Gasteiger partial charge in [-0.3, -0.25) is 4.79 Å².